The summed E-state index contributed by atoms with van der Waals surface area (Å²) in [5, 5.41) is 8.99. The number of carbonyl (C=O) groups excluding carboxylic acids is 1. The molecule has 1 aromatic rings. The number of carboxylic acids is 1. The van der Waals surface area contributed by atoms with Crippen LogP contribution in [0.3, 0.4) is 0 Å². The average molecular weight is 307 g/mol. The number of benzene rings is 1. The van der Waals surface area contributed by atoms with E-state index in [4.69, 9.17) is 14.6 Å². The molecule has 0 aliphatic carbocycles. The van der Waals surface area contributed by atoms with Crippen molar-refractivity contribution in [3.8, 4) is 0 Å². The standard InChI is InChI=1S/C16H21NO5/c1-11-8-17(9-14(22-11)10-21-2)15(18)7-12-4-3-5-13(6-12)16(19)20/h3-6,11,14H,7-10H2,1-2H3,(H,19,20). The molecule has 0 bridgehead atoms. The number of carboxylic acid groups (broad SMARTS) is 1. The highest BCUT2D eigenvalue weighted by atomic mass is 16.5. The molecule has 1 N–H and O–H groups in total. The number of methoxy groups -OCH3 is 1. The Morgan fingerprint density at radius 2 is 2.18 bits per heavy atom. The number of ether oxygens (including phenoxy) is 2. The number of carbonyl (C=O) groups is 2. The number of nitrogens with zero attached hydrogens (tertiary/aromatic N) is 1. The van der Waals surface area contributed by atoms with E-state index in [1.807, 2.05) is 6.92 Å². The minimum Gasteiger partial charge on any atom is -0.478 e. The van der Waals surface area contributed by atoms with E-state index in [1.54, 1.807) is 24.1 Å². The van der Waals surface area contributed by atoms with Gasteiger partial charge in [0.05, 0.1) is 30.8 Å². The van der Waals surface area contributed by atoms with Crippen LogP contribution < -0.4 is 0 Å². The van der Waals surface area contributed by atoms with Crippen LogP contribution in [0.25, 0.3) is 0 Å². The second-order valence-electron chi connectivity index (χ2n) is 5.51. The van der Waals surface area contributed by atoms with Gasteiger partial charge in [0, 0.05) is 20.2 Å². The van der Waals surface area contributed by atoms with Gasteiger partial charge in [-0.15, -0.1) is 0 Å². The van der Waals surface area contributed by atoms with Crippen molar-refractivity contribution in [2.75, 3.05) is 26.8 Å². The minimum atomic E-state index is -0.991. The van der Waals surface area contributed by atoms with E-state index in [0.717, 1.165) is 0 Å². The first-order valence-corrected chi connectivity index (χ1v) is 7.24. The number of rotatable bonds is 5. The molecule has 120 valence electrons. The van der Waals surface area contributed by atoms with Crippen LogP contribution in [0, 0.1) is 0 Å². The molecule has 1 aliphatic rings. The van der Waals surface area contributed by atoms with Gasteiger partial charge in [-0.05, 0) is 24.6 Å². The van der Waals surface area contributed by atoms with Crippen LogP contribution in [0.1, 0.15) is 22.8 Å². The van der Waals surface area contributed by atoms with Crippen LogP contribution in [0.2, 0.25) is 0 Å². The van der Waals surface area contributed by atoms with Crippen LogP contribution in [-0.2, 0) is 20.7 Å². The molecule has 2 atom stereocenters. The van der Waals surface area contributed by atoms with E-state index in [1.165, 1.54) is 12.1 Å². The summed E-state index contributed by atoms with van der Waals surface area (Å²) >= 11 is 0. The molecule has 0 radical (unpaired) electrons. The van der Waals surface area contributed by atoms with E-state index < -0.39 is 5.97 Å². The molecule has 6 nitrogen and oxygen atoms in total. The van der Waals surface area contributed by atoms with Gasteiger partial charge in [0.2, 0.25) is 5.91 Å². The summed E-state index contributed by atoms with van der Waals surface area (Å²) in [6.45, 7) is 3.41. The van der Waals surface area contributed by atoms with Crippen LogP contribution in [0.4, 0.5) is 0 Å². The van der Waals surface area contributed by atoms with Gasteiger partial charge in [0.25, 0.3) is 0 Å². The summed E-state index contributed by atoms with van der Waals surface area (Å²) < 4.78 is 10.8. The summed E-state index contributed by atoms with van der Waals surface area (Å²) in [6.07, 6.45) is 0.0272. The Morgan fingerprint density at radius 1 is 1.41 bits per heavy atom. The van der Waals surface area contributed by atoms with E-state index in [9.17, 15) is 9.59 Å². The van der Waals surface area contributed by atoms with E-state index in [-0.39, 0.29) is 30.1 Å². The molecule has 0 saturated carbocycles. The highest BCUT2D eigenvalue weighted by Crippen LogP contribution is 2.14. The number of hydrogen-bond acceptors (Lipinski definition) is 4. The molecule has 1 aliphatic heterocycles. The molecule has 0 spiro atoms. The molecule has 0 aromatic heterocycles. The molecular weight excluding hydrogens is 286 g/mol. The van der Waals surface area contributed by atoms with Crippen molar-refractivity contribution in [3.63, 3.8) is 0 Å². The predicted molar refractivity (Wildman–Crippen MR) is 79.9 cm³/mol. The fourth-order valence-corrected chi connectivity index (χ4v) is 2.63. The molecule has 1 fully saturated rings. The first-order chi connectivity index (χ1) is 10.5. The molecule has 1 amide bonds. The van der Waals surface area contributed by atoms with Crippen LogP contribution in [0.15, 0.2) is 24.3 Å². The maximum Gasteiger partial charge on any atom is 0.335 e. The van der Waals surface area contributed by atoms with Crippen LogP contribution in [0.5, 0.6) is 0 Å². The highest BCUT2D eigenvalue weighted by Gasteiger charge is 2.28. The minimum absolute atomic E-state index is 0.0289. The first-order valence-electron chi connectivity index (χ1n) is 7.24. The lowest BCUT2D eigenvalue weighted by atomic mass is 10.1. The number of morpholine rings is 1. The number of hydrogen-bond donors (Lipinski definition) is 1. The number of amides is 1. The summed E-state index contributed by atoms with van der Waals surface area (Å²) in [4.78, 5) is 25.2. The van der Waals surface area contributed by atoms with Crippen molar-refractivity contribution in [1.82, 2.24) is 4.90 Å². The Hall–Kier alpha value is -1.92. The zero-order valence-electron chi connectivity index (χ0n) is 12.8. The maximum atomic E-state index is 12.4. The Kier molecular flexibility index (Phi) is 5.51. The SMILES string of the molecule is COCC1CN(C(=O)Cc2cccc(C(=O)O)c2)CC(C)O1. The lowest BCUT2D eigenvalue weighted by Gasteiger charge is -2.36. The van der Waals surface area contributed by atoms with Gasteiger partial charge in [0.1, 0.15) is 0 Å². The summed E-state index contributed by atoms with van der Waals surface area (Å²) in [5.74, 6) is -1.02. The van der Waals surface area contributed by atoms with E-state index >= 15 is 0 Å². The second-order valence-corrected chi connectivity index (χ2v) is 5.51. The molecular formula is C16H21NO5. The highest BCUT2D eigenvalue weighted by molar-refractivity contribution is 5.88. The fourth-order valence-electron chi connectivity index (χ4n) is 2.63. The van der Waals surface area contributed by atoms with E-state index in [0.29, 0.717) is 25.3 Å². The number of aromatic carboxylic acids is 1. The Labute approximate surface area is 129 Å². The lowest BCUT2D eigenvalue weighted by molar-refractivity contribution is -0.147. The summed E-state index contributed by atoms with van der Waals surface area (Å²) in [7, 11) is 1.60. The predicted octanol–water partition coefficient (Wildman–Crippen LogP) is 1.19. The van der Waals surface area contributed by atoms with Gasteiger partial charge in [-0.3, -0.25) is 4.79 Å². The van der Waals surface area contributed by atoms with Gasteiger partial charge in [-0.1, -0.05) is 12.1 Å². The maximum absolute atomic E-state index is 12.4. The van der Waals surface area contributed by atoms with Gasteiger partial charge in [-0.25, -0.2) is 4.79 Å². The average Bonchev–Trinajstić information content (AvgIpc) is 2.47. The van der Waals surface area contributed by atoms with Crippen LogP contribution >= 0.6 is 0 Å². The normalized spacial score (nSPS) is 21.6. The Bertz CT molecular complexity index is 545. The third-order valence-electron chi connectivity index (χ3n) is 3.56. The third kappa shape index (κ3) is 4.29. The molecule has 1 saturated heterocycles. The lowest BCUT2D eigenvalue weighted by Crippen LogP contribution is -2.50. The van der Waals surface area contributed by atoms with Crippen molar-refractivity contribution in [2.24, 2.45) is 0 Å². The Morgan fingerprint density at radius 3 is 2.86 bits per heavy atom. The quantitative estimate of drug-likeness (QED) is 0.884. The molecule has 1 aromatic carbocycles. The monoisotopic (exact) mass is 307 g/mol. The van der Waals surface area contributed by atoms with Crippen molar-refractivity contribution in [2.45, 2.75) is 25.6 Å². The zero-order chi connectivity index (χ0) is 16.1. The largest absolute Gasteiger partial charge is 0.478 e. The topological polar surface area (TPSA) is 76.1 Å². The first kappa shape index (κ1) is 16.5. The van der Waals surface area contributed by atoms with Gasteiger partial charge in [-0.2, -0.15) is 0 Å². The Balaban J connectivity index is 2.02. The van der Waals surface area contributed by atoms with Gasteiger partial charge < -0.3 is 19.5 Å². The van der Waals surface area contributed by atoms with Crippen molar-refractivity contribution in [1.29, 1.82) is 0 Å². The molecule has 22 heavy (non-hydrogen) atoms. The second kappa shape index (κ2) is 7.38. The molecule has 1 heterocycles. The molecule has 6 heteroatoms. The van der Waals surface area contributed by atoms with Gasteiger partial charge >= 0.3 is 5.97 Å². The summed E-state index contributed by atoms with van der Waals surface area (Å²) in [5.41, 5.74) is 0.894. The molecule has 2 rings (SSSR count). The van der Waals surface area contributed by atoms with Crippen molar-refractivity contribution in [3.05, 3.63) is 35.4 Å². The van der Waals surface area contributed by atoms with Crippen molar-refractivity contribution < 1.29 is 24.2 Å². The van der Waals surface area contributed by atoms with Crippen molar-refractivity contribution >= 4 is 11.9 Å². The smallest absolute Gasteiger partial charge is 0.335 e. The van der Waals surface area contributed by atoms with E-state index in [2.05, 4.69) is 0 Å². The fraction of sp³-hybridized carbons (Fsp3) is 0.500. The van der Waals surface area contributed by atoms with Crippen LogP contribution in [-0.4, -0.2) is 60.9 Å². The third-order valence-corrected chi connectivity index (χ3v) is 3.56. The van der Waals surface area contributed by atoms with Gasteiger partial charge in [0.15, 0.2) is 0 Å². The zero-order valence-corrected chi connectivity index (χ0v) is 12.8. The molecule has 2 unspecified atom stereocenters. The summed E-state index contributed by atoms with van der Waals surface area (Å²) in [6, 6.07) is 6.47.